The van der Waals surface area contributed by atoms with Gasteiger partial charge in [-0.2, -0.15) is 0 Å². The van der Waals surface area contributed by atoms with Gasteiger partial charge < -0.3 is 19.4 Å². The lowest BCUT2D eigenvalue weighted by atomic mass is 10.1. The van der Waals surface area contributed by atoms with Crippen LogP contribution in [-0.2, 0) is 16.0 Å². The third-order valence-electron chi connectivity index (χ3n) is 4.79. The van der Waals surface area contributed by atoms with E-state index in [4.69, 9.17) is 9.15 Å². The summed E-state index contributed by atoms with van der Waals surface area (Å²) in [5.74, 6) is 1.45. The van der Waals surface area contributed by atoms with Crippen LogP contribution >= 0.6 is 0 Å². The lowest BCUT2D eigenvalue weighted by Gasteiger charge is -2.29. The molecule has 0 aliphatic carbocycles. The molecule has 1 N–H and O–H groups in total. The molecule has 28 heavy (non-hydrogen) atoms. The second kappa shape index (κ2) is 8.27. The van der Waals surface area contributed by atoms with Gasteiger partial charge in [-0.25, -0.2) is 4.98 Å². The number of hydrogen-bond acceptors (Lipinski definition) is 5. The minimum absolute atomic E-state index is 0.199. The molecule has 3 aromatic rings. The third-order valence-corrected chi connectivity index (χ3v) is 4.79. The van der Waals surface area contributed by atoms with Crippen molar-refractivity contribution in [1.82, 2.24) is 4.98 Å². The van der Waals surface area contributed by atoms with Crippen LogP contribution in [0.1, 0.15) is 18.2 Å². The number of aryl methyl sites for hydroxylation is 1. The Morgan fingerprint density at radius 3 is 2.86 bits per heavy atom. The quantitative estimate of drug-likeness (QED) is 0.684. The maximum Gasteiger partial charge on any atom is 0.248 e. The molecule has 1 aromatic carbocycles. The molecule has 144 valence electrons. The number of carbonyl (C=O) groups is 1. The molecule has 0 bridgehead atoms. The molecule has 1 amide bonds. The van der Waals surface area contributed by atoms with E-state index in [2.05, 4.69) is 15.2 Å². The second-order valence-electron chi connectivity index (χ2n) is 6.59. The summed E-state index contributed by atoms with van der Waals surface area (Å²) in [5.41, 5.74) is 2.49. The molecule has 3 heterocycles. The first-order valence-electron chi connectivity index (χ1n) is 9.53. The number of nitrogens with one attached hydrogen (secondary N) is 1. The van der Waals surface area contributed by atoms with E-state index in [9.17, 15) is 4.79 Å². The SMILES string of the molecule is CCc1oc2ccccc2c1/C=C/C(=O)Nc1cccnc1N1CCOCC1. The zero-order valence-corrected chi connectivity index (χ0v) is 15.9. The molecule has 2 aromatic heterocycles. The lowest BCUT2D eigenvalue weighted by Crippen LogP contribution is -2.37. The number of benzene rings is 1. The highest BCUT2D eigenvalue weighted by Gasteiger charge is 2.17. The van der Waals surface area contributed by atoms with Gasteiger partial charge in [-0.05, 0) is 24.3 Å². The minimum Gasteiger partial charge on any atom is -0.460 e. The maximum absolute atomic E-state index is 12.6. The predicted molar refractivity (Wildman–Crippen MR) is 111 cm³/mol. The smallest absolute Gasteiger partial charge is 0.248 e. The summed E-state index contributed by atoms with van der Waals surface area (Å²) in [4.78, 5) is 19.2. The van der Waals surface area contributed by atoms with Crippen molar-refractivity contribution in [3.8, 4) is 0 Å². The Bertz CT molecular complexity index is 1000. The Kier molecular flexibility index (Phi) is 5.39. The van der Waals surface area contributed by atoms with Crippen LogP contribution in [0.25, 0.3) is 17.0 Å². The van der Waals surface area contributed by atoms with Crippen molar-refractivity contribution in [1.29, 1.82) is 0 Å². The number of hydrogen-bond donors (Lipinski definition) is 1. The summed E-state index contributed by atoms with van der Waals surface area (Å²) in [6.45, 7) is 4.89. The van der Waals surface area contributed by atoms with Crippen LogP contribution in [0.5, 0.6) is 0 Å². The molecule has 1 aliphatic rings. The molecule has 0 saturated carbocycles. The molecular formula is C22H23N3O3. The van der Waals surface area contributed by atoms with Gasteiger partial charge in [0.05, 0.1) is 18.9 Å². The first kappa shape index (κ1) is 18.3. The fourth-order valence-corrected chi connectivity index (χ4v) is 3.42. The number of furan rings is 1. The van der Waals surface area contributed by atoms with Crippen LogP contribution in [-0.4, -0.2) is 37.2 Å². The van der Waals surface area contributed by atoms with Gasteiger partial charge >= 0.3 is 0 Å². The second-order valence-corrected chi connectivity index (χ2v) is 6.59. The predicted octanol–water partition coefficient (Wildman–Crippen LogP) is 3.88. The maximum atomic E-state index is 12.6. The van der Waals surface area contributed by atoms with E-state index in [0.29, 0.717) is 18.9 Å². The molecule has 6 nitrogen and oxygen atoms in total. The molecule has 1 saturated heterocycles. The fourth-order valence-electron chi connectivity index (χ4n) is 3.42. The van der Waals surface area contributed by atoms with Gasteiger partial charge in [0.25, 0.3) is 0 Å². The number of morpholine rings is 1. The molecule has 0 radical (unpaired) electrons. The molecule has 0 unspecified atom stereocenters. The Balaban J connectivity index is 1.54. The van der Waals surface area contributed by atoms with Crippen molar-refractivity contribution in [2.24, 2.45) is 0 Å². The van der Waals surface area contributed by atoms with E-state index in [1.807, 2.05) is 49.4 Å². The van der Waals surface area contributed by atoms with Gasteiger partial charge in [0, 0.05) is 42.7 Å². The number of aromatic nitrogens is 1. The number of pyridine rings is 1. The largest absolute Gasteiger partial charge is 0.460 e. The number of fused-ring (bicyclic) bond motifs is 1. The minimum atomic E-state index is -0.199. The molecule has 6 heteroatoms. The van der Waals surface area contributed by atoms with Gasteiger partial charge in [-0.1, -0.05) is 25.1 Å². The van der Waals surface area contributed by atoms with Crippen molar-refractivity contribution in [2.75, 3.05) is 36.5 Å². The molecular weight excluding hydrogens is 354 g/mol. The first-order valence-corrected chi connectivity index (χ1v) is 9.53. The number of anilines is 2. The average Bonchev–Trinajstić information content (AvgIpc) is 3.11. The standard InChI is InChI=1S/C22H23N3O3/c1-2-19-17(16-6-3-4-8-20(16)28-19)9-10-21(26)24-18-7-5-11-23-22(18)25-12-14-27-15-13-25/h3-11H,2,12-15H2,1H3,(H,24,26)/b10-9+. The Morgan fingerprint density at radius 2 is 2.04 bits per heavy atom. The van der Waals surface area contributed by atoms with E-state index in [-0.39, 0.29) is 5.91 Å². The van der Waals surface area contributed by atoms with Crippen molar-refractivity contribution in [3.63, 3.8) is 0 Å². The molecule has 0 atom stereocenters. The molecule has 0 spiro atoms. The number of amides is 1. The van der Waals surface area contributed by atoms with Crippen LogP contribution in [0.2, 0.25) is 0 Å². The zero-order valence-electron chi connectivity index (χ0n) is 15.9. The van der Waals surface area contributed by atoms with E-state index < -0.39 is 0 Å². The summed E-state index contributed by atoms with van der Waals surface area (Å²) < 4.78 is 11.3. The van der Waals surface area contributed by atoms with Crippen LogP contribution in [0.4, 0.5) is 11.5 Å². The average molecular weight is 377 g/mol. The van der Waals surface area contributed by atoms with Gasteiger partial charge in [0.2, 0.25) is 5.91 Å². The van der Waals surface area contributed by atoms with Gasteiger partial charge in [-0.3, -0.25) is 4.79 Å². The zero-order chi connectivity index (χ0) is 19.3. The topological polar surface area (TPSA) is 67.6 Å². The van der Waals surface area contributed by atoms with Crippen molar-refractivity contribution in [2.45, 2.75) is 13.3 Å². The fraction of sp³-hybridized carbons (Fsp3) is 0.273. The first-order chi connectivity index (χ1) is 13.8. The summed E-state index contributed by atoms with van der Waals surface area (Å²) in [5, 5.41) is 3.97. The Hall–Kier alpha value is -3.12. The van der Waals surface area contributed by atoms with Crippen molar-refractivity contribution >= 4 is 34.5 Å². The van der Waals surface area contributed by atoms with Crippen molar-refractivity contribution in [3.05, 3.63) is 60.0 Å². The number of carbonyl (C=O) groups excluding carboxylic acids is 1. The Morgan fingerprint density at radius 1 is 1.21 bits per heavy atom. The summed E-state index contributed by atoms with van der Waals surface area (Å²) in [6, 6.07) is 11.6. The highest BCUT2D eigenvalue weighted by atomic mass is 16.5. The number of ether oxygens (including phenoxy) is 1. The number of para-hydroxylation sites is 1. The highest BCUT2D eigenvalue weighted by Crippen LogP contribution is 2.28. The third kappa shape index (κ3) is 3.77. The summed E-state index contributed by atoms with van der Waals surface area (Å²) in [7, 11) is 0. The molecule has 1 aliphatic heterocycles. The lowest BCUT2D eigenvalue weighted by molar-refractivity contribution is -0.111. The monoisotopic (exact) mass is 377 g/mol. The molecule has 4 rings (SSSR count). The van der Waals surface area contributed by atoms with Crippen molar-refractivity contribution < 1.29 is 13.9 Å². The van der Waals surface area contributed by atoms with E-state index in [1.165, 1.54) is 0 Å². The van der Waals surface area contributed by atoms with Gasteiger partial charge in [0.15, 0.2) is 5.82 Å². The van der Waals surface area contributed by atoms with Gasteiger partial charge in [-0.15, -0.1) is 0 Å². The van der Waals surface area contributed by atoms with E-state index in [1.54, 1.807) is 12.3 Å². The van der Waals surface area contributed by atoms with Crippen LogP contribution in [0, 0.1) is 0 Å². The molecule has 1 fully saturated rings. The van der Waals surface area contributed by atoms with Gasteiger partial charge in [0.1, 0.15) is 11.3 Å². The Labute approximate surface area is 163 Å². The summed E-state index contributed by atoms with van der Waals surface area (Å²) in [6.07, 6.45) is 5.87. The normalized spacial score (nSPS) is 14.7. The number of rotatable bonds is 5. The van der Waals surface area contributed by atoms with E-state index in [0.717, 1.165) is 47.6 Å². The van der Waals surface area contributed by atoms with Crippen LogP contribution in [0.3, 0.4) is 0 Å². The van der Waals surface area contributed by atoms with Crippen LogP contribution in [0.15, 0.2) is 53.1 Å². The van der Waals surface area contributed by atoms with Crippen LogP contribution < -0.4 is 10.2 Å². The number of nitrogens with zero attached hydrogens (tertiary/aromatic N) is 2. The van der Waals surface area contributed by atoms with E-state index >= 15 is 0 Å². The highest BCUT2D eigenvalue weighted by molar-refractivity contribution is 6.04. The summed E-state index contributed by atoms with van der Waals surface area (Å²) >= 11 is 0.